The SMILES string of the molecule is C=COC(C)CCOC(=O)C(=C)C. The maximum Gasteiger partial charge on any atom is 0.333 e. The van der Waals surface area contributed by atoms with Crippen LogP contribution in [0.4, 0.5) is 0 Å². The fourth-order valence-corrected chi connectivity index (χ4v) is 0.673. The van der Waals surface area contributed by atoms with E-state index in [4.69, 9.17) is 9.47 Å². The van der Waals surface area contributed by atoms with Crippen molar-refractivity contribution in [1.29, 1.82) is 0 Å². The van der Waals surface area contributed by atoms with Gasteiger partial charge in [0.1, 0.15) is 0 Å². The normalized spacial score (nSPS) is 11.5. The van der Waals surface area contributed by atoms with Gasteiger partial charge in [0.2, 0.25) is 0 Å². The van der Waals surface area contributed by atoms with Gasteiger partial charge in [0.05, 0.1) is 19.0 Å². The Balaban J connectivity index is 3.50. The second kappa shape index (κ2) is 6.29. The molecule has 0 saturated carbocycles. The Bertz CT molecular complexity index is 196. The van der Waals surface area contributed by atoms with E-state index in [0.717, 1.165) is 0 Å². The third-order valence-corrected chi connectivity index (χ3v) is 1.43. The molecular formula is C10H16O3. The summed E-state index contributed by atoms with van der Waals surface area (Å²) in [4.78, 5) is 10.9. The van der Waals surface area contributed by atoms with Gasteiger partial charge in [0.15, 0.2) is 0 Å². The van der Waals surface area contributed by atoms with Gasteiger partial charge in [-0.1, -0.05) is 13.2 Å². The highest BCUT2D eigenvalue weighted by atomic mass is 16.5. The van der Waals surface area contributed by atoms with E-state index in [1.807, 2.05) is 6.92 Å². The topological polar surface area (TPSA) is 35.5 Å². The molecule has 0 fully saturated rings. The Morgan fingerprint density at radius 1 is 1.62 bits per heavy atom. The van der Waals surface area contributed by atoms with Crippen LogP contribution in [0.15, 0.2) is 25.0 Å². The van der Waals surface area contributed by atoms with E-state index in [2.05, 4.69) is 13.2 Å². The molecule has 0 aromatic heterocycles. The Kier molecular flexibility index (Phi) is 5.68. The first kappa shape index (κ1) is 11.8. The lowest BCUT2D eigenvalue weighted by Crippen LogP contribution is -2.12. The molecule has 0 aromatic carbocycles. The minimum absolute atomic E-state index is 0.0235. The Hall–Kier alpha value is -1.25. The van der Waals surface area contributed by atoms with Gasteiger partial charge >= 0.3 is 5.97 Å². The molecule has 3 nitrogen and oxygen atoms in total. The zero-order chi connectivity index (χ0) is 10.3. The molecule has 13 heavy (non-hydrogen) atoms. The average molecular weight is 184 g/mol. The van der Waals surface area contributed by atoms with Crippen LogP contribution in [0.25, 0.3) is 0 Å². The predicted octanol–water partition coefficient (Wildman–Crippen LogP) is 2.04. The van der Waals surface area contributed by atoms with E-state index < -0.39 is 0 Å². The first-order valence-electron chi connectivity index (χ1n) is 4.17. The molecule has 0 aliphatic rings. The number of esters is 1. The van der Waals surface area contributed by atoms with E-state index in [1.165, 1.54) is 6.26 Å². The third kappa shape index (κ3) is 5.96. The van der Waals surface area contributed by atoms with Crippen LogP contribution in [0, 0.1) is 0 Å². The predicted molar refractivity (Wildman–Crippen MR) is 51.1 cm³/mol. The Morgan fingerprint density at radius 3 is 2.69 bits per heavy atom. The van der Waals surface area contributed by atoms with Crippen LogP contribution >= 0.6 is 0 Å². The van der Waals surface area contributed by atoms with Crippen molar-refractivity contribution < 1.29 is 14.3 Å². The summed E-state index contributed by atoms with van der Waals surface area (Å²) in [5.41, 5.74) is 0.414. The Morgan fingerprint density at radius 2 is 2.23 bits per heavy atom. The molecule has 0 aromatic rings. The first-order chi connectivity index (χ1) is 6.07. The second-order valence-electron chi connectivity index (χ2n) is 2.82. The van der Waals surface area contributed by atoms with E-state index in [1.54, 1.807) is 6.92 Å². The monoisotopic (exact) mass is 184 g/mol. The van der Waals surface area contributed by atoms with Gasteiger partial charge in [-0.15, -0.1) is 0 Å². The lowest BCUT2D eigenvalue weighted by molar-refractivity contribution is -0.139. The quantitative estimate of drug-likeness (QED) is 0.360. The molecule has 0 N–H and O–H groups in total. The van der Waals surface area contributed by atoms with Gasteiger partial charge < -0.3 is 9.47 Å². The number of ether oxygens (including phenoxy) is 2. The zero-order valence-electron chi connectivity index (χ0n) is 8.21. The molecule has 0 aliphatic carbocycles. The van der Waals surface area contributed by atoms with Crippen molar-refractivity contribution in [3.05, 3.63) is 25.0 Å². The van der Waals surface area contributed by atoms with Crippen molar-refractivity contribution in [2.24, 2.45) is 0 Å². The summed E-state index contributed by atoms with van der Waals surface area (Å²) in [6.07, 6.45) is 2.06. The molecule has 1 unspecified atom stereocenters. The van der Waals surface area contributed by atoms with Crippen molar-refractivity contribution in [2.45, 2.75) is 26.4 Å². The summed E-state index contributed by atoms with van der Waals surface area (Å²) < 4.78 is 9.90. The smallest absolute Gasteiger partial charge is 0.333 e. The minimum Gasteiger partial charge on any atom is -0.499 e. The van der Waals surface area contributed by atoms with Crippen molar-refractivity contribution >= 4 is 5.97 Å². The van der Waals surface area contributed by atoms with Gasteiger partial charge in [-0.2, -0.15) is 0 Å². The van der Waals surface area contributed by atoms with E-state index >= 15 is 0 Å². The minimum atomic E-state index is -0.356. The summed E-state index contributed by atoms with van der Waals surface area (Å²) in [5.74, 6) is -0.356. The number of hydrogen-bond acceptors (Lipinski definition) is 3. The molecule has 0 radical (unpaired) electrons. The summed E-state index contributed by atoms with van der Waals surface area (Å²) in [7, 11) is 0. The van der Waals surface area contributed by atoms with Crippen LogP contribution in [0.2, 0.25) is 0 Å². The van der Waals surface area contributed by atoms with Gasteiger partial charge in [-0.05, 0) is 13.8 Å². The standard InChI is InChI=1S/C10H16O3/c1-5-12-9(4)6-7-13-10(11)8(2)3/h5,9H,1-2,6-7H2,3-4H3. The van der Waals surface area contributed by atoms with Crippen LogP contribution < -0.4 is 0 Å². The van der Waals surface area contributed by atoms with E-state index in [-0.39, 0.29) is 12.1 Å². The molecule has 0 spiro atoms. The van der Waals surface area contributed by atoms with Crippen LogP contribution in [0.3, 0.4) is 0 Å². The second-order valence-corrected chi connectivity index (χ2v) is 2.82. The van der Waals surface area contributed by atoms with Crippen molar-refractivity contribution in [3.63, 3.8) is 0 Å². The molecule has 0 bridgehead atoms. The number of rotatable bonds is 6. The third-order valence-electron chi connectivity index (χ3n) is 1.43. The molecule has 0 amide bonds. The van der Waals surface area contributed by atoms with Crippen LogP contribution in [-0.4, -0.2) is 18.7 Å². The average Bonchev–Trinajstić information content (AvgIpc) is 2.04. The highest BCUT2D eigenvalue weighted by molar-refractivity contribution is 5.86. The maximum atomic E-state index is 10.9. The molecule has 0 rings (SSSR count). The summed E-state index contributed by atoms with van der Waals surface area (Å²) in [6.45, 7) is 10.7. The fraction of sp³-hybridized carbons (Fsp3) is 0.500. The van der Waals surface area contributed by atoms with E-state index in [0.29, 0.717) is 18.6 Å². The fourth-order valence-electron chi connectivity index (χ4n) is 0.673. The van der Waals surface area contributed by atoms with Crippen LogP contribution in [0.5, 0.6) is 0 Å². The van der Waals surface area contributed by atoms with Gasteiger partial charge in [0, 0.05) is 12.0 Å². The van der Waals surface area contributed by atoms with Crippen molar-refractivity contribution in [3.8, 4) is 0 Å². The van der Waals surface area contributed by atoms with Gasteiger partial charge in [0.25, 0.3) is 0 Å². The molecule has 74 valence electrons. The van der Waals surface area contributed by atoms with Crippen LogP contribution in [0.1, 0.15) is 20.3 Å². The highest BCUT2D eigenvalue weighted by Crippen LogP contribution is 1.99. The largest absolute Gasteiger partial charge is 0.499 e. The molecule has 0 aliphatic heterocycles. The highest BCUT2D eigenvalue weighted by Gasteiger charge is 2.05. The lowest BCUT2D eigenvalue weighted by atomic mass is 10.3. The summed E-state index contributed by atoms with van der Waals surface area (Å²) in [6, 6.07) is 0. The lowest BCUT2D eigenvalue weighted by Gasteiger charge is -2.10. The van der Waals surface area contributed by atoms with Crippen LogP contribution in [-0.2, 0) is 14.3 Å². The molecule has 1 atom stereocenters. The zero-order valence-corrected chi connectivity index (χ0v) is 8.21. The maximum absolute atomic E-state index is 10.9. The molecule has 0 heterocycles. The number of carbonyl (C=O) groups excluding carboxylic acids is 1. The van der Waals surface area contributed by atoms with Gasteiger partial charge in [-0.25, -0.2) is 4.79 Å². The molecular weight excluding hydrogens is 168 g/mol. The first-order valence-corrected chi connectivity index (χ1v) is 4.17. The summed E-state index contributed by atoms with van der Waals surface area (Å²) in [5, 5.41) is 0. The van der Waals surface area contributed by atoms with Crippen molar-refractivity contribution in [2.75, 3.05) is 6.61 Å². The molecule has 0 saturated heterocycles. The number of carbonyl (C=O) groups is 1. The van der Waals surface area contributed by atoms with Gasteiger partial charge in [-0.3, -0.25) is 0 Å². The Labute approximate surface area is 79.0 Å². The number of hydrogen-bond donors (Lipinski definition) is 0. The summed E-state index contributed by atoms with van der Waals surface area (Å²) >= 11 is 0. The molecule has 3 heteroatoms. The van der Waals surface area contributed by atoms with Crippen molar-refractivity contribution in [1.82, 2.24) is 0 Å². The van der Waals surface area contributed by atoms with E-state index in [9.17, 15) is 4.79 Å².